The average molecular weight is 320 g/mol. The summed E-state index contributed by atoms with van der Waals surface area (Å²) in [7, 11) is 0. The molecule has 0 aromatic heterocycles. The largest absolute Gasteiger partial charge is 0.494 e. The third-order valence-electron chi connectivity index (χ3n) is 3.12. The van der Waals surface area contributed by atoms with E-state index >= 15 is 0 Å². The van der Waals surface area contributed by atoms with Gasteiger partial charge in [0.05, 0.1) is 12.2 Å². The molecule has 0 heterocycles. The van der Waals surface area contributed by atoms with Crippen molar-refractivity contribution >= 4 is 11.9 Å². The Bertz CT molecular complexity index is 701. The van der Waals surface area contributed by atoms with Crippen LogP contribution in [0.1, 0.15) is 28.4 Å². The number of halogens is 3. The van der Waals surface area contributed by atoms with Crippen molar-refractivity contribution in [2.24, 2.45) is 0 Å². The second-order valence-corrected chi connectivity index (χ2v) is 4.74. The zero-order valence-electron chi connectivity index (χ0n) is 12.4. The molecule has 2 nitrogen and oxygen atoms in total. The maximum atomic E-state index is 12.9. The van der Waals surface area contributed by atoms with Gasteiger partial charge in [0.2, 0.25) is 0 Å². The van der Waals surface area contributed by atoms with Crippen molar-refractivity contribution in [3.8, 4) is 5.75 Å². The molecule has 0 atom stereocenters. The van der Waals surface area contributed by atoms with E-state index in [0.29, 0.717) is 17.9 Å². The van der Waals surface area contributed by atoms with Gasteiger partial charge in [0, 0.05) is 5.56 Å². The fourth-order valence-electron chi connectivity index (χ4n) is 2.05. The van der Waals surface area contributed by atoms with Gasteiger partial charge in [0.1, 0.15) is 5.75 Å². The molecule has 0 aliphatic carbocycles. The lowest BCUT2D eigenvalue weighted by molar-refractivity contribution is -0.137. The number of benzene rings is 2. The van der Waals surface area contributed by atoms with Crippen LogP contribution in [-0.2, 0) is 6.18 Å². The van der Waals surface area contributed by atoms with Crippen LogP contribution in [0.5, 0.6) is 5.75 Å². The number of carbonyl (C=O) groups is 1. The summed E-state index contributed by atoms with van der Waals surface area (Å²) in [6.45, 7) is 2.41. The third kappa shape index (κ3) is 4.45. The number of allylic oxidation sites excluding steroid dienone is 1. The average Bonchev–Trinajstić information content (AvgIpc) is 2.53. The molecule has 0 aliphatic heterocycles. The minimum atomic E-state index is -4.56. The number of rotatable bonds is 5. The predicted molar refractivity (Wildman–Crippen MR) is 82.4 cm³/mol. The van der Waals surface area contributed by atoms with Crippen LogP contribution in [0.2, 0.25) is 0 Å². The lowest BCUT2D eigenvalue weighted by atomic mass is 10.0. The van der Waals surface area contributed by atoms with E-state index in [1.807, 2.05) is 6.92 Å². The second-order valence-electron chi connectivity index (χ2n) is 4.74. The highest BCUT2D eigenvalue weighted by atomic mass is 19.4. The number of ketones is 1. The minimum Gasteiger partial charge on any atom is -0.494 e. The van der Waals surface area contributed by atoms with E-state index in [9.17, 15) is 18.0 Å². The van der Waals surface area contributed by atoms with Gasteiger partial charge in [0.15, 0.2) is 5.78 Å². The van der Waals surface area contributed by atoms with Crippen LogP contribution in [0.15, 0.2) is 54.6 Å². The fraction of sp³-hybridized carbons (Fsp3) is 0.167. The molecule has 0 unspecified atom stereocenters. The maximum Gasteiger partial charge on any atom is 0.417 e. The molecular formula is C18H15F3O2. The summed E-state index contributed by atoms with van der Waals surface area (Å²) in [5.41, 5.74) is -0.588. The number of alkyl halides is 3. The summed E-state index contributed by atoms with van der Waals surface area (Å²) in [5.74, 6) is 0.00482. The first-order chi connectivity index (χ1) is 10.9. The van der Waals surface area contributed by atoms with Gasteiger partial charge in [0.25, 0.3) is 0 Å². The number of ether oxygens (including phenoxy) is 1. The Morgan fingerprint density at radius 2 is 1.74 bits per heavy atom. The van der Waals surface area contributed by atoms with Gasteiger partial charge < -0.3 is 4.74 Å². The molecule has 5 heteroatoms. The first-order valence-electron chi connectivity index (χ1n) is 7.03. The topological polar surface area (TPSA) is 26.3 Å². The van der Waals surface area contributed by atoms with Crippen LogP contribution in [0.4, 0.5) is 13.2 Å². The highest BCUT2D eigenvalue weighted by Crippen LogP contribution is 2.32. The van der Waals surface area contributed by atoms with Gasteiger partial charge in [-0.1, -0.05) is 36.4 Å². The van der Waals surface area contributed by atoms with Crippen molar-refractivity contribution < 1.29 is 22.7 Å². The first kappa shape index (κ1) is 16.8. The van der Waals surface area contributed by atoms with Crippen molar-refractivity contribution in [3.63, 3.8) is 0 Å². The molecule has 0 saturated carbocycles. The molecule has 0 spiro atoms. The number of carbonyl (C=O) groups excluding carboxylic acids is 1. The van der Waals surface area contributed by atoms with E-state index in [-0.39, 0.29) is 5.56 Å². The first-order valence-corrected chi connectivity index (χ1v) is 7.03. The fourth-order valence-corrected chi connectivity index (χ4v) is 2.05. The van der Waals surface area contributed by atoms with Crippen LogP contribution in [0.3, 0.4) is 0 Å². The molecule has 0 aliphatic rings. The predicted octanol–water partition coefficient (Wildman–Crippen LogP) is 5.00. The van der Waals surface area contributed by atoms with Gasteiger partial charge in [-0.25, -0.2) is 0 Å². The molecule has 2 rings (SSSR count). The van der Waals surface area contributed by atoms with Crippen LogP contribution in [0, 0.1) is 0 Å². The molecular weight excluding hydrogens is 305 g/mol. The van der Waals surface area contributed by atoms with Gasteiger partial charge >= 0.3 is 6.18 Å². The van der Waals surface area contributed by atoms with Crippen molar-refractivity contribution in [2.45, 2.75) is 13.1 Å². The quantitative estimate of drug-likeness (QED) is 0.572. The Morgan fingerprint density at radius 1 is 1.09 bits per heavy atom. The molecule has 2 aromatic carbocycles. The SMILES string of the molecule is CCOc1ccc(/C=C/C(=O)c2ccccc2C(F)(F)F)cc1. The molecule has 0 bridgehead atoms. The van der Waals surface area contributed by atoms with Gasteiger partial charge in [-0.2, -0.15) is 13.2 Å². The van der Waals surface area contributed by atoms with E-state index < -0.39 is 17.5 Å². The zero-order chi connectivity index (χ0) is 16.9. The summed E-state index contributed by atoms with van der Waals surface area (Å²) in [4.78, 5) is 12.0. The summed E-state index contributed by atoms with van der Waals surface area (Å²) in [5, 5.41) is 0. The van der Waals surface area contributed by atoms with E-state index in [0.717, 1.165) is 12.1 Å². The van der Waals surface area contributed by atoms with Crippen molar-refractivity contribution in [1.82, 2.24) is 0 Å². The van der Waals surface area contributed by atoms with Crippen molar-refractivity contribution in [3.05, 3.63) is 71.3 Å². The van der Waals surface area contributed by atoms with E-state index in [4.69, 9.17) is 4.74 Å². The highest BCUT2D eigenvalue weighted by Gasteiger charge is 2.34. The Hall–Kier alpha value is -2.56. The molecule has 0 N–H and O–H groups in total. The monoisotopic (exact) mass is 320 g/mol. The summed E-state index contributed by atoms with van der Waals surface area (Å²) >= 11 is 0. The Kier molecular flexibility index (Phi) is 5.21. The lowest BCUT2D eigenvalue weighted by Gasteiger charge is -2.10. The number of hydrogen-bond acceptors (Lipinski definition) is 2. The minimum absolute atomic E-state index is 0.359. The molecule has 2 aromatic rings. The third-order valence-corrected chi connectivity index (χ3v) is 3.12. The van der Waals surface area contributed by atoms with Crippen molar-refractivity contribution in [2.75, 3.05) is 6.61 Å². The van der Waals surface area contributed by atoms with E-state index in [2.05, 4.69) is 0 Å². The smallest absolute Gasteiger partial charge is 0.417 e. The lowest BCUT2D eigenvalue weighted by Crippen LogP contribution is -2.11. The summed E-state index contributed by atoms with van der Waals surface area (Å²) in [6, 6.07) is 11.7. The Labute approximate surface area is 132 Å². The standard InChI is InChI=1S/C18H15F3O2/c1-2-23-14-10-7-13(8-11-14)9-12-17(22)15-5-3-4-6-16(15)18(19,20)21/h3-12H,2H2,1H3/b12-9+. The molecule has 23 heavy (non-hydrogen) atoms. The van der Waals surface area contributed by atoms with Crippen LogP contribution >= 0.6 is 0 Å². The molecule has 0 fully saturated rings. The van der Waals surface area contributed by atoms with Gasteiger partial charge in [-0.3, -0.25) is 4.79 Å². The van der Waals surface area contributed by atoms with Crippen LogP contribution in [-0.4, -0.2) is 12.4 Å². The zero-order valence-corrected chi connectivity index (χ0v) is 12.4. The van der Waals surface area contributed by atoms with E-state index in [1.165, 1.54) is 24.3 Å². The maximum absolute atomic E-state index is 12.9. The Balaban J connectivity index is 2.19. The Morgan fingerprint density at radius 3 is 2.35 bits per heavy atom. The highest BCUT2D eigenvalue weighted by molar-refractivity contribution is 6.07. The summed E-state index contributed by atoms with van der Waals surface area (Å²) in [6.07, 6.45) is -1.94. The van der Waals surface area contributed by atoms with E-state index in [1.54, 1.807) is 24.3 Å². The number of hydrogen-bond donors (Lipinski definition) is 0. The molecule has 0 saturated heterocycles. The summed E-state index contributed by atoms with van der Waals surface area (Å²) < 4.78 is 44.0. The van der Waals surface area contributed by atoms with Gasteiger partial charge in [-0.15, -0.1) is 0 Å². The molecule has 0 amide bonds. The second kappa shape index (κ2) is 7.13. The normalized spacial score (nSPS) is 11.7. The van der Waals surface area contributed by atoms with Gasteiger partial charge in [-0.05, 0) is 36.8 Å². The van der Waals surface area contributed by atoms with Crippen LogP contribution < -0.4 is 4.74 Å². The molecule has 0 radical (unpaired) electrons. The van der Waals surface area contributed by atoms with Crippen molar-refractivity contribution in [1.29, 1.82) is 0 Å². The molecule has 120 valence electrons. The van der Waals surface area contributed by atoms with Crippen LogP contribution in [0.25, 0.3) is 6.08 Å².